The predicted octanol–water partition coefficient (Wildman–Crippen LogP) is 3.71. The van der Waals surface area contributed by atoms with Crippen LogP contribution in [0.2, 0.25) is 0 Å². The number of rotatable bonds is 5. The van der Waals surface area contributed by atoms with Crippen molar-refractivity contribution in [3.05, 3.63) is 42.0 Å². The lowest BCUT2D eigenvalue weighted by molar-refractivity contribution is 0.527. The molecule has 0 bridgehead atoms. The lowest BCUT2D eigenvalue weighted by Crippen LogP contribution is -1.99. The van der Waals surface area contributed by atoms with Crippen LogP contribution in [0.3, 0.4) is 0 Å². The number of hydrogen-bond donors (Lipinski definition) is 1. The number of nitrogens with zero attached hydrogens (tertiary/aromatic N) is 1. The number of nitrogens with one attached hydrogen (secondary N) is 1. The molecule has 0 unspecified atom stereocenters. The van der Waals surface area contributed by atoms with E-state index in [2.05, 4.69) is 23.3 Å². The Morgan fingerprint density at radius 3 is 3.00 bits per heavy atom. The molecule has 4 heteroatoms. The van der Waals surface area contributed by atoms with Crippen molar-refractivity contribution in [2.45, 2.75) is 24.5 Å². The standard InChI is InChI=1S/C13H16N2OS/c1-3-14-13-8-11(4-6-15-13)9-17-12-5-7-16-10(12)2/h4-8H,3,9H2,1-2H3,(H,14,15). The van der Waals surface area contributed by atoms with Crippen LogP contribution in [0.25, 0.3) is 0 Å². The summed E-state index contributed by atoms with van der Waals surface area (Å²) < 4.78 is 5.27. The molecular weight excluding hydrogens is 232 g/mol. The third-order valence-electron chi connectivity index (χ3n) is 2.39. The van der Waals surface area contributed by atoms with Gasteiger partial charge in [0.25, 0.3) is 0 Å². The zero-order valence-corrected chi connectivity index (χ0v) is 10.9. The second-order valence-corrected chi connectivity index (χ2v) is 4.73. The third-order valence-corrected chi connectivity index (χ3v) is 3.60. The van der Waals surface area contributed by atoms with Gasteiger partial charge in [-0.3, -0.25) is 0 Å². The summed E-state index contributed by atoms with van der Waals surface area (Å²) in [6.07, 6.45) is 3.57. The summed E-state index contributed by atoms with van der Waals surface area (Å²) in [6, 6.07) is 6.14. The molecule has 90 valence electrons. The van der Waals surface area contributed by atoms with Gasteiger partial charge in [-0.1, -0.05) is 0 Å². The second kappa shape index (κ2) is 5.77. The largest absolute Gasteiger partial charge is 0.468 e. The van der Waals surface area contributed by atoms with Gasteiger partial charge >= 0.3 is 0 Å². The lowest BCUT2D eigenvalue weighted by atomic mass is 10.3. The minimum absolute atomic E-state index is 0.893. The number of aromatic nitrogens is 1. The van der Waals surface area contributed by atoms with Crippen LogP contribution in [-0.4, -0.2) is 11.5 Å². The van der Waals surface area contributed by atoms with Crippen molar-refractivity contribution < 1.29 is 4.42 Å². The summed E-state index contributed by atoms with van der Waals surface area (Å²) in [5.41, 5.74) is 1.27. The van der Waals surface area contributed by atoms with Crippen molar-refractivity contribution in [3.8, 4) is 0 Å². The fraction of sp³-hybridized carbons (Fsp3) is 0.308. The SMILES string of the molecule is CCNc1cc(CSc2ccoc2C)ccn1. The minimum Gasteiger partial charge on any atom is -0.468 e. The summed E-state index contributed by atoms with van der Waals surface area (Å²) in [5, 5.41) is 3.21. The van der Waals surface area contributed by atoms with Gasteiger partial charge in [0.1, 0.15) is 11.6 Å². The molecule has 2 rings (SSSR count). The fourth-order valence-corrected chi connectivity index (χ4v) is 2.43. The number of thioether (sulfide) groups is 1. The molecule has 0 aliphatic heterocycles. The van der Waals surface area contributed by atoms with Gasteiger partial charge in [-0.15, -0.1) is 11.8 Å². The molecule has 0 atom stereocenters. The van der Waals surface area contributed by atoms with Crippen molar-refractivity contribution in [1.82, 2.24) is 4.98 Å². The first-order valence-corrected chi connectivity index (χ1v) is 6.64. The molecule has 0 amide bonds. The van der Waals surface area contributed by atoms with Crippen LogP contribution in [0.1, 0.15) is 18.2 Å². The molecule has 1 N–H and O–H groups in total. The average molecular weight is 248 g/mol. The number of pyridine rings is 1. The molecule has 0 saturated carbocycles. The van der Waals surface area contributed by atoms with Crippen LogP contribution in [0, 0.1) is 6.92 Å². The van der Waals surface area contributed by atoms with Gasteiger partial charge in [0, 0.05) is 23.4 Å². The Bertz CT molecular complexity index is 482. The van der Waals surface area contributed by atoms with Gasteiger partial charge in [-0.2, -0.15) is 0 Å². The Kier molecular flexibility index (Phi) is 4.09. The first-order chi connectivity index (χ1) is 8.29. The van der Waals surface area contributed by atoms with E-state index in [-0.39, 0.29) is 0 Å². The van der Waals surface area contributed by atoms with Crippen LogP contribution in [0.15, 0.2) is 40.0 Å². The molecule has 17 heavy (non-hydrogen) atoms. The van der Waals surface area contributed by atoms with Crippen LogP contribution in [0.5, 0.6) is 0 Å². The molecule has 0 aliphatic carbocycles. The molecule has 0 fully saturated rings. The maximum absolute atomic E-state index is 5.27. The normalized spacial score (nSPS) is 10.5. The van der Waals surface area contributed by atoms with Gasteiger partial charge in [0.15, 0.2) is 0 Å². The molecule has 0 aliphatic rings. The summed E-state index contributed by atoms with van der Waals surface area (Å²) in [7, 11) is 0. The highest BCUT2D eigenvalue weighted by atomic mass is 32.2. The summed E-state index contributed by atoms with van der Waals surface area (Å²) in [6.45, 7) is 4.95. The molecule has 0 aromatic carbocycles. The Labute approximate surface area is 106 Å². The maximum atomic E-state index is 5.27. The van der Waals surface area contributed by atoms with E-state index in [0.717, 1.165) is 23.9 Å². The molecule has 3 nitrogen and oxygen atoms in total. The zero-order valence-electron chi connectivity index (χ0n) is 10.1. The highest BCUT2D eigenvalue weighted by Crippen LogP contribution is 2.26. The number of furan rings is 1. The van der Waals surface area contributed by atoms with E-state index >= 15 is 0 Å². The van der Waals surface area contributed by atoms with Crippen molar-refractivity contribution in [3.63, 3.8) is 0 Å². The quantitative estimate of drug-likeness (QED) is 0.819. The molecule has 0 radical (unpaired) electrons. The average Bonchev–Trinajstić information content (AvgIpc) is 2.73. The van der Waals surface area contributed by atoms with Crippen molar-refractivity contribution in [2.75, 3.05) is 11.9 Å². The predicted molar refractivity (Wildman–Crippen MR) is 71.4 cm³/mol. The van der Waals surface area contributed by atoms with Crippen molar-refractivity contribution >= 4 is 17.6 Å². The topological polar surface area (TPSA) is 38.1 Å². The highest BCUT2D eigenvalue weighted by Gasteiger charge is 2.03. The van der Waals surface area contributed by atoms with Crippen LogP contribution in [-0.2, 0) is 5.75 Å². The van der Waals surface area contributed by atoms with Crippen LogP contribution in [0.4, 0.5) is 5.82 Å². The summed E-state index contributed by atoms with van der Waals surface area (Å²) >= 11 is 1.78. The van der Waals surface area contributed by atoms with Crippen molar-refractivity contribution in [1.29, 1.82) is 0 Å². The zero-order chi connectivity index (χ0) is 12.1. The number of anilines is 1. The highest BCUT2D eigenvalue weighted by molar-refractivity contribution is 7.98. The van der Waals surface area contributed by atoms with Crippen molar-refractivity contribution in [2.24, 2.45) is 0 Å². The molecule has 0 saturated heterocycles. The second-order valence-electron chi connectivity index (χ2n) is 3.71. The summed E-state index contributed by atoms with van der Waals surface area (Å²) in [4.78, 5) is 5.45. The van der Waals surface area contributed by atoms with Crippen LogP contribution >= 0.6 is 11.8 Å². The molecule has 0 spiro atoms. The number of aryl methyl sites for hydroxylation is 1. The van der Waals surface area contributed by atoms with Gasteiger partial charge < -0.3 is 9.73 Å². The van der Waals surface area contributed by atoms with Crippen LogP contribution < -0.4 is 5.32 Å². The Morgan fingerprint density at radius 2 is 2.29 bits per heavy atom. The van der Waals surface area contributed by atoms with E-state index < -0.39 is 0 Å². The van der Waals surface area contributed by atoms with Gasteiger partial charge in [0.2, 0.25) is 0 Å². The molecule has 2 aromatic rings. The Morgan fingerprint density at radius 1 is 1.41 bits per heavy atom. The number of hydrogen-bond acceptors (Lipinski definition) is 4. The van der Waals surface area contributed by atoms with Gasteiger partial charge in [-0.25, -0.2) is 4.98 Å². The molecule has 2 heterocycles. The first-order valence-electron chi connectivity index (χ1n) is 5.65. The first kappa shape index (κ1) is 12.0. The van der Waals surface area contributed by atoms with Gasteiger partial charge in [-0.05, 0) is 37.6 Å². The maximum Gasteiger partial charge on any atom is 0.126 e. The lowest BCUT2D eigenvalue weighted by Gasteiger charge is -2.05. The minimum atomic E-state index is 0.893. The van der Waals surface area contributed by atoms with E-state index in [4.69, 9.17) is 4.42 Å². The fourth-order valence-electron chi connectivity index (χ4n) is 1.53. The smallest absolute Gasteiger partial charge is 0.126 e. The molecular formula is C13H16N2OS. The van der Waals surface area contributed by atoms with E-state index in [1.807, 2.05) is 25.3 Å². The van der Waals surface area contributed by atoms with Gasteiger partial charge in [0.05, 0.1) is 6.26 Å². The third kappa shape index (κ3) is 3.27. The van der Waals surface area contributed by atoms with E-state index in [1.165, 1.54) is 10.5 Å². The Balaban J connectivity index is 1.99. The summed E-state index contributed by atoms with van der Waals surface area (Å²) in [5.74, 6) is 2.85. The van der Waals surface area contributed by atoms with E-state index in [0.29, 0.717) is 0 Å². The van der Waals surface area contributed by atoms with E-state index in [9.17, 15) is 0 Å². The van der Waals surface area contributed by atoms with E-state index in [1.54, 1.807) is 18.0 Å². The monoisotopic (exact) mass is 248 g/mol. The Hall–Kier alpha value is -1.42. The molecule has 2 aromatic heterocycles.